The standard InChI is InChI=1S/C7H5BF2O4/c9-5-1-4(3-11)2-6(10)7(5)14-8(12)13/h1-3,12-13H. The Morgan fingerprint density at radius 2 is 1.79 bits per heavy atom. The molecule has 4 nitrogen and oxygen atoms in total. The molecule has 0 atom stereocenters. The molecule has 0 radical (unpaired) electrons. The average molecular weight is 202 g/mol. The third-order valence-electron chi connectivity index (χ3n) is 1.38. The summed E-state index contributed by atoms with van der Waals surface area (Å²) in [7, 11) is -2.32. The molecule has 0 aliphatic carbocycles. The van der Waals surface area contributed by atoms with E-state index in [0.29, 0.717) is 12.1 Å². The predicted octanol–water partition coefficient (Wildman–Crippen LogP) is 0.126. The monoisotopic (exact) mass is 202 g/mol. The molecular weight excluding hydrogens is 197 g/mol. The quantitative estimate of drug-likeness (QED) is 0.539. The molecule has 7 heteroatoms. The molecule has 0 amide bonds. The predicted molar refractivity (Wildman–Crippen MR) is 42.6 cm³/mol. The van der Waals surface area contributed by atoms with E-state index in [1.807, 2.05) is 0 Å². The van der Waals surface area contributed by atoms with Crippen LogP contribution < -0.4 is 4.65 Å². The van der Waals surface area contributed by atoms with Crippen molar-refractivity contribution in [1.29, 1.82) is 0 Å². The van der Waals surface area contributed by atoms with E-state index in [1.165, 1.54) is 0 Å². The van der Waals surface area contributed by atoms with Gasteiger partial charge in [-0.05, 0) is 12.1 Å². The van der Waals surface area contributed by atoms with Gasteiger partial charge in [-0.1, -0.05) is 0 Å². The van der Waals surface area contributed by atoms with Gasteiger partial charge in [-0.2, -0.15) is 0 Å². The van der Waals surface area contributed by atoms with Crippen LogP contribution in [-0.4, -0.2) is 23.7 Å². The Kier molecular flexibility index (Phi) is 3.16. The van der Waals surface area contributed by atoms with Gasteiger partial charge < -0.3 is 14.7 Å². The van der Waals surface area contributed by atoms with E-state index in [-0.39, 0.29) is 11.8 Å². The first-order valence-corrected chi connectivity index (χ1v) is 3.51. The molecule has 0 saturated heterocycles. The fourth-order valence-electron chi connectivity index (χ4n) is 0.866. The topological polar surface area (TPSA) is 66.8 Å². The fraction of sp³-hybridized carbons (Fsp3) is 0. The number of benzene rings is 1. The van der Waals surface area contributed by atoms with Gasteiger partial charge >= 0.3 is 7.32 Å². The highest BCUT2D eigenvalue weighted by Gasteiger charge is 2.19. The lowest BCUT2D eigenvalue weighted by Crippen LogP contribution is -2.22. The Hall–Kier alpha value is -1.47. The summed E-state index contributed by atoms with van der Waals surface area (Å²) in [5.41, 5.74) is -0.209. The van der Waals surface area contributed by atoms with Crippen LogP contribution in [0, 0.1) is 11.6 Å². The smallest absolute Gasteiger partial charge is 0.508 e. The van der Waals surface area contributed by atoms with Gasteiger partial charge in [-0.3, -0.25) is 4.79 Å². The highest BCUT2D eigenvalue weighted by molar-refractivity contribution is 6.33. The first-order valence-electron chi connectivity index (χ1n) is 3.51. The molecule has 0 fully saturated rings. The Bertz CT molecular complexity index is 333. The second kappa shape index (κ2) is 4.16. The normalized spacial score (nSPS) is 9.71. The third-order valence-corrected chi connectivity index (χ3v) is 1.38. The average Bonchev–Trinajstić information content (AvgIpc) is 2.10. The van der Waals surface area contributed by atoms with E-state index in [0.717, 1.165) is 0 Å². The SMILES string of the molecule is O=Cc1cc(F)c(OB(O)O)c(F)c1. The van der Waals surface area contributed by atoms with Crippen molar-refractivity contribution in [2.45, 2.75) is 0 Å². The molecule has 74 valence electrons. The van der Waals surface area contributed by atoms with Gasteiger partial charge in [0.25, 0.3) is 0 Å². The molecule has 0 unspecified atom stereocenters. The largest absolute Gasteiger partial charge is 0.707 e. The Morgan fingerprint density at radius 3 is 2.14 bits per heavy atom. The van der Waals surface area contributed by atoms with Crippen LogP contribution in [0.15, 0.2) is 12.1 Å². The number of hydrogen-bond donors (Lipinski definition) is 2. The van der Waals surface area contributed by atoms with Crippen molar-refractivity contribution in [3.8, 4) is 5.75 Å². The summed E-state index contributed by atoms with van der Waals surface area (Å²) >= 11 is 0. The second-order valence-corrected chi connectivity index (χ2v) is 2.38. The van der Waals surface area contributed by atoms with Crippen LogP contribution in [0.5, 0.6) is 5.75 Å². The maximum atomic E-state index is 12.9. The zero-order valence-corrected chi connectivity index (χ0v) is 6.78. The third kappa shape index (κ3) is 2.27. The molecule has 2 N–H and O–H groups in total. The van der Waals surface area contributed by atoms with E-state index in [9.17, 15) is 13.6 Å². The minimum Gasteiger partial charge on any atom is -0.508 e. The minimum atomic E-state index is -2.32. The zero-order chi connectivity index (χ0) is 10.7. The molecule has 0 bridgehead atoms. The summed E-state index contributed by atoms with van der Waals surface area (Å²) in [5, 5.41) is 16.6. The lowest BCUT2D eigenvalue weighted by molar-refractivity contribution is 0.112. The lowest BCUT2D eigenvalue weighted by Gasteiger charge is -2.07. The van der Waals surface area contributed by atoms with Crippen molar-refractivity contribution in [2.24, 2.45) is 0 Å². The van der Waals surface area contributed by atoms with Gasteiger partial charge in [-0.15, -0.1) is 0 Å². The fourth-order valence-corrected chi connectivity index (χ4v) is 0.866. The van der Waals surface area contributed by atoms with Gasteiger partial charge in [0.2, 0.25) is 0 Å². The van der Waals surface area contributed by atoms with E-state index >= 15 is 0 Å². The van der Waals surface area contributed by atoms with Crippen LogP contribution in [0.25, 0.3) is 0 Å². The van der Waals surface area contributed by atoms with Gasteiger partial charge in [0.05, 0.1) is 0 Å². The summed E-state index contributed by atoms with van der Waals surface area (Å²) in [5.74, 6) is -3.30. The highest BCUT2D eigenvalue weighted by Crippen LogP contribution is 2.22. The maximum Gasteiger partial charge on any atom is 0.707 e. The van der Waals surface area contributed by atoms with Crippen molar-refractivity contribution < 1.29 is 28.3 Å². The summed E-state index contributed by atoms with van der Waals surface area (Å²) in [6, 6.07) is 1.43. The van der Waals surface area contributed by atoms with Crippen LogP contribution >= 0.6 is 0 Å². The molecule has 0 spiro atoms. The number of carbonyl (C=O) groups excluding carboxylic acids is 1. The number of carbonyl (C=O) groups is 1. The van der Waals surface area contributed by atoms with Crippen molar-refractivity contribution in [1.82, 2.24) is 0 Å². The number of hydrogen-bond acceptors (Lipinski definition) is 4. The van der Waals surface area contributed by atoms with Gasteiger partial charge in [-0.25, -0.2) is 8.78 Å². The Labute approximate surface area is 77.9 Å². The van der Waals surface area contributed by atoms with Crippen molar-refractivity contribution in [2.75, 3.05) is 0 Å². The molecule has 14 heavy (non-hydrogen) atoms. The van der Waals surface area contributed by atoms with Crippen LogP contribution in [0.1, 0.15) is 10.4 Å². The van der Waals surface area contributed by atoms with Crippen LogP contribution in [0.3, 0.4) is 0 Å². The number of rotatable bonds is 3. The van der Waals surface area contributed by atoms with Gasteiger partial charge in [0.1, 0.15) is 6.29 Å². The second-order valence-electron chi connectivity index (χ2n) is 2.38. The van der Waals surface area contributed by atoms with Crippen LogP contribution in [0.2, 0.25) is 0 Å². The molecular formula is C7H5BF2O4. The Morgan fingerprint density at radius 1 is 1.29 bits per heavy atom. The lowest BCUT2D eigenvalue weighted by atomic mass is 10.2. The van der Waals surface area contributed by atoms with Crippen molar-refractivity contribution >= 4 is 13.6 Å². The van der Waals surface area contributed by atoms with Gasteiger partial charge in [0, 0.05) is 5.56 Å². The summed E-state index contributed by atoms with van der Waals surface area (Å²) in [6.07, 6.45) is 0.255. The molecule has 0 saturated carbocycles. The maximum absolute atomic E-state index is 12.9. The number of halogens is 2. The highest BCUT2D eigenvalue weighted by atomic mass is 19.1. The van der Waals surface area contributed by atoms with E-state index < -0.39 is 24.7 Å². The summed E-state index contributed by atoms with van der Waals surface area (Å²) in [6.45, 7) is 0. The summed E-state index contributed by atoms with van der Waals surface area (Å²) in [4.78, 5) is 10.2. The minimum absolute atomic E-state index is 0.209. The molecule has 0 heterocycles. The summed E-state index contributed by atoms with van der Waals surface area (Å²) < 4.78 is 29.8. The van der Waals surface area contributed by atoms with Crippen molar-refractivity contribution in [3.05, 3.63) is 29.3 Å². The molecule has 0 aliphatic heterocycles. The Balaban J connectivity index is 3.11. The zero-order valence-electron chi connectivity index (χ0n) is 6.78. The van der Waals surface area contributed by atoms with E-state index in [4.69, 9.17) is 10.0 Å². The first-order chi connectivity index (χ1) is 6.54. The van der Waals surface area contributed by atoms with E-state index in [2.05, 4.69) is 4.65 Å². The molecule has 0 aromatic heterocycles. The van der Waals surface area contributed by atoms with Gasteiger partial charge in [0.15, 0.2) is 17.4 Å². The van der Waals surface area contributed by atoms with Crippen LogP contribution in [0.4, 0.5) is 8.78 Å². The number of aldehydes is 1. The van der Waals surface area contributed by atoms with Crippen LogP contribution in [-0.2, 0) is 0 Å². The molecule has 1 rings (SSSR count). The first kappa shape index (κ1) is 10.6. The van der Waals surface area contributed by atoms with E-state index in [1.54, 1.807) is 0 Å². The molecule has 0 aliphatic rings. The molecule has 1 aromatic carbocycles. The molecule has 1 aromatic rings. The van der Waals surface area contributed by atoms with Crippen molar-refractivity contribution in [3.63, 3.8) is 0 Å².